The Morgan fingerprint density at radius 1 is 1.08 bits per heavy atom. The second kappa shape index (κ2) is 8.01. The zero-order chi connectivity index (χ0) is 17.7. The largest absolute Gasteiger partial charge is 0.507 e. The predicted octanol–water partition coefficient (Wildman–Crippen LogP) is 3.44. The highest BCUT2D eigenvalue weighted by atomic mass is 35.5. The normalized spacial score (nSPS) is 10.6. The van der Waals surface area contributed by atoms with Gasteiger partial charge in [-0.1, -0.05) is 40.9 Å². The van der Waals surface area contributed by atoms with Gasteiger partial charge in [0.25, 0.3) is 0 Å². The number of phenolic OH excluding ortho intramolecular Hbond substituents is 1. The molecule has 0 unspecified atom stereocenters. The van der Waals surface area contributed by atoms with E-state index in [0.717, 1.165) is 6.21 Å². The number of halogens is 3. The number of nitrogens with one attached hydrogen (secondary N) is 2. The Bertz CT molecular complexity index is 825. The molecule has 3 N–H and O–H groups in total. The van der Waals surface area contributed by atoms with Crippen molar-refractivity contribution in [2.45, 2.75) is 0 Å². The molecule has 24 heavy (non-hydrogen) atoms. The summed E-state index contributed by atoms with van der Waals surface area (Å²) in [6, 6.07) is 8.92. The van der Waals surface area contributed by atoms with Crippen LogP contribution in [0.15, 0.2) is 41.5 Å². The smallest absolute Gasteiger partial charge is 0.329 e. The highest BCUT2D eigenvalue weighted by Gasteiger charge is 2.15. The lowest BCUT2D eigenvalue weighted by atomic mass is 10.2. The summed E-state index contributed by atoms with van der Waals surface area (Å²) in [6.45, 7) is 0. The molecule has 0 spiro atoms. The molecule has 0 aromatic heterocycles. The first-order valence-electron chi connectivity index (χ1n) is 6.45. The lowest BCUT2D eigenvalue weighted by molar-refractivity contribution is -0.136. The molecule has 0 aliphatic carbocycles. The summed E-state index contributed by atoms with van der Waals surface area (Å²) >= 11 is 17.5. The van der Waals surface area contributed by atoms with Crippen molar-refractivity contribution in [3.63, 3.8) is 0 Å². The van der Waals surface area contributed by atoms with Crippen molar-refractivity contribution in [1.29, 1.82) is 0 Å². The Morgan fingerprint density at radius 3 is 2.58 bits per heavy atom. The van der Waals surface area contributed by atoms with Crippen LogP contribution < -0.4 is 10.7 Å². The number of phenols is 1. The number of carbonyl (C=O) groups excluding carboxylic acids is 2. The van der Waals surface area contributed by atoms with Crippen molar-refractivity contribution in [3.05, 3.63) is 57.0 Å². The standard InChI is InChI=1S/C15H10Cl3N3O3/c16-9-4-5-12(22)8(6-9)7-19-21-15(24)14(23)20-11-3-1-2-10(17)13(11)18/h1-7,22H,(H,20,23)(H,21,24)/b19-7-. The van der Waals surface area contributed by atoms with Crippen LogP contribution in [-0.2, 0) is 9.59 Å². The third kappa shape index (κ3) is 4.61. The number of hydrazone groups is 1. The van der Waals surface area contributed by atoms with Crippen LogP contribution in [0.2, 0.25) is 15.1 Å². The number of nitrogens with zero attached hydrogens (tertiary/aromatic N) is 1. The topological polar surface area (TPSA) is 90.8 Å². The van der Waals surface area contributed by atoms with Crippen molar-refractivity contribution >= 4 is 58.5 Å². The summed E-state index contributed by atoms with van der Waals surface area (Å²) in [4.78, 5) is 23.5. The van der Waals surface area contributed by atoms with E-state index in [1.54, 1.807) is 12.1 Å². The number of carbonyl (C=O) groups is 2. The Morgan fingerprint density at radius 2 is 1.83 bits per heavy atom. The molecule has 0 radical (unpaired) electrons. The van der Waals surface area contributed by atoms with E-state index in [-0.39, 0.29) is 27.0 Å². The Balaban J connectivity index is 1.99. The van der Waals surface area contributed by atoms with Crippen LogP contribution in [0.4, 0.5) is 5.69 Å². The van der Waals surface area contributed by atoms with Crippen LogP contribution in [0.25, 0.3) is 0 Å². The molecule has 9 heteroatoms. The number of rotatable bonds is 3. The van der Waals surface area contributed by atoms with E-state index in [1.807, 2.05) is 5.43 Å². The average molecular weight is 387 g/mol. The molecule has 2 aromatic carbocycles. The summed E-state index contributed by atoms with van der Waals surface area (Å²) in [5.74, 6) is -2.08. The first kappa shape index (κ1) is 18.1. The summed E-state index contributed by atoms with van der Waals surface area (Å²) in [5.41, 5.74) is 2.49. The first-order chi connectivity index (χ1) is 11.4. The van der Waals surface area contributed by atoms with Crippen molar-refractivity contribution < 1.29 is 14.7 Å². The zero-order valence-electron chi connectivity index (χ0n) is 11.9. The second-order valence-electron chi connectivity index (χ2n) is 4.46. The molecule has 0 heterocycles. The third-order valence-electron chi connectivity index (χ3n) is 2.77. The van der Waals surface area contributed by atoms with Gasteiger partial charge in [-0.15, -0.1) is 0 Å². The molecule has 2 rings (SSSR count). The van der Waals surface area contributed by atoms with Gasteiger partial charge in [-0.3, -0.25) is 9.59 Å². The lowest BCUT2D eigenvalue weighted by Gasteiger charge is -2.07. The third-order valence-corrected chi connectivity index (χ3v) is 3.82. The minimum atomic E-state index is -1.02. The van der Waals surface area contributed by atoms with E-state index in [1.165, 1.54) is 24.3 Å². The van der Waals surface area contributed by atoms with Gasteiger partial charge in [0, 0.05) is 10.6 Å². The highest BCUT2D eigenvalue weighted by molar-refractivity contribution is 6.45. The number of amides is 2. The van der Waals surface area contributed by atoms with Crippen molar-refractivity contribution in [3.8, 4) is 5.75 Å². The molecular formula is C15H10Cl3N3O3. The molecule has 0 saturated heterocycles. The van der Waals surface area contributed by atoms with Crippen LogP contribution in [0, 0.1) is 0 Å². The summed E-state index contributed by atoms with van der Waals surface area (Å²) in [6.07, 6.45) is 1.15. The SMILES string of the molecule is O=C(N/N=C\c1cc(Cl)ccc1O)C(=O)Nc1cccc(Cl)c1Cl. The maximum atomic E-state index is 11.8. The summed E-state index contributed by atoms with van der Waals surface area (Å²) in [5, 5.41) is 16.2. The fraction of sp³-hybridized carbons (Fsp3) is 0. The maximum absolute atomic E-state index is 11.8. The first-order valence-corrected chi connectivity index (χ1v) is 7.59. The van der Waals surface area contributed by atoms with Crippen LogP contribution in [-0.4, -0.2) is 23.1 Å². The molecule has 0 atom stereocenters. The second-order valence-corrected chi connectivity index (χ2v) is 5.68. The Kier molecular flexibility index (Phi) is 6.03. The molecule has 0 saturated carbocycles. The van der Waals surface area contributed by atoms with Crippen LogP contribution in [0.1, 0.15) is 5.56 Å². The minimum Gasteiger partial charge on any atom is -0.507 e. The van der Waals surface area contributed by atoms with Crippen molar-refractivity contribution in [1.82, 2.24) is 5.43 Å². The monoisotopic (exact) mass is 385 g/mol. The number of benzene rings is 2. The van der Waals surface area contributed by atoms with Gasteiger partial charge >= 0.3 is 11.8 Å². The van der Waals surface area contributed by atoms with Gasteiger partial charge in [-0.25, -0.2) is 5.43 Å². The molecular weight excluding hydrogens is 377 g/mol. The fourth-order valence-electron chi connectivity index (χ4n) is 1.62. The number of hydrogen-bond donors (Lipinski definition) is 3. The molecule has 0 aliphatic rings. The van der Waals surface area contributed by atoms with Crippen molar-refractivity contribution in [2.75, 3.05) is 5.32 Å². The predicted molar refractivity (Wildman–Crippen MR) is 93.9 cm³/mol. The van der Waals surface area contributed by atoms with E-state index in [4.69, 9.17) is 34.8 Å². The van der Waals surface area contributed by atoms with Crippen molar-refractivity contribution in [2.24, 2.45) is 5.10 Å². The lowest BCUT2D eigenvalue weighted by Crippen LogP contribution is -2.32. The van der Waals surface area contributed by atoms with E-state index in [2.05, 4.69) is 10.4 Å². The van der Waals surface area contributed by atoms with E-state index < -0.39 is 11.8 Å². The van der Waals surface area contributed by atoms with E-state index in [0.29, 0.717) is 5.02 Å². The van der Waals surface area contributed by atoms with Gasteiger partial charge in [0.05, 0.1) is 21.9 Å². The summed E-state index contributed by atoms with van der Waals surface area (Å²) in [7, 11) is 0. The minimum absolute atomic E-state index is 0.0763. The molecule has 2 aromatic rings. The molecule has 0 aliphatic heterocycles. The number of aromatic hydroxyl groups is 1. The molecule has 6 nitrogen and oxygen atoms in total. The fourth-order valence-corrected chi connectivity index (χ4v) is 2.15. The zero-order valence-corrected chi connectivity index (χ0v) is 14.2. The quantitative estimate of drug-likeness (QED) is 0.429. The molecule has 2 amide bonds. The van der Waals surface area contributed by atoms with E-state index in [9.17, 15) is 14.7 Å². The molecule has 0 fully saturated rings. The Labute approximate surface area is 152 Å². The van der Waals surface area contributed by atoms with Gasteiger partial charge in [-0.2, -0.15) is 5.10 Å². The van der Waals surface area contributed by atoms with Gasteiger partial charge in [0.2, 0.25) is 0 Å². The molecule has 0 bridgehead atoms. The van der Waals surface area contributed by atoms with Gasteiger partial charge in [0.15, 0.2) is 0 Å². The summed E-state index contributed by atoms with van der Waals surface area (Å²) < 4.78 is 0. The van der Waals surface area contributed by atoms with Gasteiger partial charge < -0.3 is 10.4 Å². The highest BCUT2D eigenvalue weighted by Crippen LogP contribution is 2.29. The van der Waals surface area contributed by atoms with E-state index >= 15 is 0 Å². The van der Waals surface area contributed by atoms with Crippen LogP contribution in [0.5, 0.6) is 5.75 Å². The van der Waals surface area contributed by atoms with Crippen LogP contribution >= 0.6 is 34.8 Å². The van der Waals surface area contributed by atoms with Gasteiger partial charge in [-0.05, 0) is 30.3 Å². The molecule has 124 valence electrons. The Hall–Kier alpha value is -2.28. The average Bonchev–Trinajstić information content (AvgIpc) is 2.54. The van der Waals surface area contributed by atoms with Crippen LogP contribution in [0.3, 0.4) is 0 Å². The maximum Gasteiger partial charge on any atom is 0.329 e. The van der Waals surface area contributed by atoms with Gasteiger partial charge in [0.1, 0.15) is 5.75 Å². The number of hydrogen-bond acceptors (Lipinski definition) is 4. The number of anilines is 1.